The number of fused-ring (bicyclic) bond motifs is 1. The highest BCUT2D eigenvalue weighted by Gasteiger charge is 2.42. The molecule has 0 aliphatic heterocycles. The lowest BCUT2D eigenvalue weighted by atomic mass is 9.76. The molecule has 1 fully saturated rings. The normalized spacial score (nSPS) is 27.8. The van der Waals surface area contributed by atoms with Gasteiger partial charge in [-0.2, -0.15) is 0 Å². The van der Waals surface area contributed by atoms with Crippen molar-refractivity contribution >= 4 is 5.78 Å². The first kappa shape index (κ1) is 14.1. The van der Waals surface area contributed by atoms with Crippen molar-refractivity contribution in [2.24, 2.45) is 17.8 Å². The minimum Gasteiger partial charge on any atom is -0.494 e. The molecule has 1 saturated carbocycles. The van der Waals surface area contributed by atoms with Gasteiger partial charge >= 0.3 is 0 Å². The van der Waals surface area contributed by atoms with E-state index in [1.807, 2.05) is 12.1 Å². The number of ether oxygens (including phenoxy) is 1. The van der Waals surface area contributed by atoms with Crippen molar-refractivity contribution in [1.29, 1.82) is 0 Å². The predicted molar refractivity (Wildman–Crippen MR) is 79.6 cm³/mol. The van der Waals surface area contributed by atoms with Gasteiger partial charge in [0.25, 0.3) is 0 Å². The zero-order valence-electron chi connectivity index (χ0n) is 12.1. The minimum absolute atomic E-state index is 0.0210. The number of hydrogen-bond donors (Lipinski definition) is 0. The number of ketones is 1. The van der Waals surface area contributed by atoms with Gasteiger partial charge in [-0.05, 0) is 54.9 Å². The Bertz CT molecular complexity index is 618. The molecule has 0 aromatic heterocycles. The number of benzene rings is 1. The van der Waals surface area contributed by atoms with Gasteiger partial charge in [0.15, 0.2) is 17.3 Å². The van der Waals surface area contributed by atoms with Crippen molar-refractivity contribution in [1.82, 2.24) is 0 Å². The molecule has 3 atom stereocenters. The van der Waals surface area contributed by atoms with Crippen LogP contribution in [0.1, 0.15) is 18.4 Å². The molecule has 1 aromatic carbocycles. The molecule has 0 radical (unpaired) electrons. The molecule has 0 N–H and O–H groups in total. The van der Waals surface area contributed by atoms with Crippen LogP contribution in [-0.2, 0) is 11.2 Å². The molecule has 3 rings (SSSR count). The summed E-state index contributed by atoms with van der Waals surface area (Å²) in [6, 6.07) is 5.05. The summed E-state index contributed by atoms with van der Waals surface area (Å²) in [5.41, 5.74) is 1.98. The van der Waals surface area contributed by atoms with Crippen LogP contribution in [0.25, 0.3) is 0 Å². The Hall–Kier alpha value is -1.90. The maximum atomic E-state index is 13.8. The molecule has 0 amide bonds. The van der Waals surface area contributed by atoms with E-state index in [0.29, 0.717) is 0 Å². The highest BCUT2D eigenvalue weighted by atomic mass is 19.1. The molecule has 2 nitrogen and oxygen atoms in total. The van der Waals surface area contributed by atoms with Crippen LogP contribution in [0.15, 0.2) is 42.5 Å². The first-order chi connectivity index (χ1) is 10.1. The zero-order chi connectivity index (χ0) is 15.0. The molecule has 2 aliphatic rings. The molecular formula is C18H19FO2. The Morgan fingerprint density at radius 2 is 2.14 bits per heavy atom. The monoisotopic (exact) mass is 286 g/mol. The third-order valence-corrected chi connectivity index (χ3v) is 4.77. The highest BCUT2D eigenvalue weighted by Crippen LogP contribution is 2.45. The number of hydrogen-bond acceptors (Lipinski definition) is 2. The second-order valence-electron chi connectivity index (χ2n) is 5.95. The van der Waals surface area contributed by atoms with Gasteiger partial charge in [0, 0.05) is 5.92 Å². The molecule has 0 heterocycles. The average Bonchev–Trinajstić information content (AvgIpc) is 2.88. The summed E-state index contributed by atoms with van der Waals surface area (Å²) in [5.74, 6) is 0.682. The molecule has 0 bridgehead atoms. The standard InChI is InChI=1S/C18H19FO2/c1-11-3-7-16(20)18-13(5-6-14(11)18)9-12-4-8-17(21-2)15(19)10-12/h3-4,7-8,10,13-14,18H,1,5-6,9H2,2H3/t13-,14+,18+/m0/s1. The molecule has 1 aromatic rings. The van der Waals surface area contributed by atoms with Crippen LogP contribution in [0.5, 0.6) is 5.75 Å². The molecule has 0 spiro atoms. The molecular weight excluding hydrogens is 267 g/mol. The Balaban J connectivity index is 1.79. The van der Waals surface area contributed by atoms with Crippen LogP contribution < -0.4 is 4.74 Å². The van der Waals surface area contributed by atoms with Crippen molar-refractivity contribution in [3.05, 3.63) is 53.9 Å². The van der Waals surface area contributed by atoms with Crippen LogP contribution >= 0.6 is 0 Å². The average molecular weight is 286 g/mol. The van der Waals surface area contributed by atoms with Gasteiger partial charge < -0.3 is 4.74 Å². The largest absolute Gasteiger partial charge is 0.494 e. The lowest BCUT2D eigenvalue weighted by Gasteiger charge is -2.26. The first-order valence-electron chi connectivity index (χ1n) is 7.33. The second kappa shape index (κ2) is 5.47. The van der Waals surface area contributed by atoms with Gasteiger partial charge in [-0.1, -0.05) is 24.3 Å². The molecule has 110 valence electrons. The minimum atomic E-state index is -0.344. The van der Waals surface area contributed by atoms with Crippen molar-refractivity contribution < 1.29 is 13.9 Å². The fourth-order valence-electron chi connectivity index (χ4n) is 3.72. The Morgan fingerprint density at radius 1 is 1.33 bits per heavy atom. The maximum Gasteiger partial charge on any atom is 0.165 e. The maximum absolute atomic E-state index is 13.8. The number of halogens is 1. The van der Waals surface area contributed by atoms with Gasteiger partial charge in [0.1, 0.15) is 0 Å². The third-order valence-electron chi connectivity index (χ3n) is 4.77. The molecule has 21 heavy (non-hydrogen) atoms. The lowest BCUT2D eigenvalue weighted by Crippen LogP contribution is -2.28. The summed E-state index contributed by atoms with van der Waals surface area (Å²) >= 11 is 0. The van der Waals surface area contributed by atoms with E-state index in [2.05, 4.69) is 6.58 Å². The van der Waals surface area contributed by atoms with Crippen molar-refractivity contribution in [2.75, 3.05) is 7.11 Å². The fraction of sp³-hybridized carbons (Fsp3) is 0.389. The smallest absolute Gasteiger partial charge is 0.165 e. The van der Waals surface area contributed by atoms with E-state index in [1.54, 1.807) is 12.1 Å². The summed E-state index contributed by atoms with van der Waals surface area (Å²) in [6.07, 6.45) is 6.22. The predicted octanol–water partition coefficient (Wildman–Crippen LogP) is 3.71. The number of methoxy groups -OCH3 is 1. The third kappa shape index (κ3) is 2.53. The molecule has 0 saturated heterocycles. The molecule has 2 aliphatic carbocycles. The lowest BCUT2D eigenvalue weighted by molar-refractivity contribution is -0.120. The number of carbonyl (C=O) groups excluding carboxylic acids is 1. The summed E-state index contributed by atoms with van der Waals surface area (Å²) < 4.78 is 18.7. The molecule has 3 heteroatoms. The van der Waals surface area contributed by atoms with Gasteiger partial charge in [-0.15, -0.1) is 0 Å². The van der Waals surface area contributed by atoms with E-state index < -0.39 is 0 Å². The highest BCUT2D eigenvalue weighted by molar-refractivity contribution is 5.94. The van der Waals surface area contributed by atoms with Crippen LogP contribution in [0.2, 0.25) is 0 Å². The summed E-state index contributed by atoms with van der Waals surface area (Å²) in [4.78, 5) is 12.2. The van der Waals surface area contributed by atoms with Gasteiger partial charge in [-0.3, -0.25) is 4.79 Å². The van der Waals surface area contributed by atoms with Crippen LogP contribution in [0, 0.1) is 23.6 Å². The SMILES string of the molecule is C=C1C=CC(=O)[C@@H]2[C@H](Cc3ccc(OC)c(F)c3)CC[C@H]12. The summed E-state index contributed by atoms with van der Waals surface area (Å²) in [5, 5.41) is 0. The van der Waals surface area contributed by atoms with E-state index in [-0.39, 0.29) is 35.1 Å². The van der Waals surface area contributed by atoms with Crippen molar-refractivity contribution in [2.45, 2.75) is 19.3 Å². The zero-order valence-corrected chi connectivity index (χ0v) is 12.1. The summed E-state index contributed by atoms with van der Waals surface area (Å²) in [7, 11) is 1.46. The fourth-order valence-corrected chi connectivity index (χ4v) is 3.72. The topological polar surface area (TPSA) is 26.3 Å². The van der Waals surface area contributed by atoms with Gasteiger partial charge in [0.05, 0.1) is 7.11 Å². The van der Waals surface area contributed by atoms with Crippen LogP contribution in [0.4, 0.5) is 4.39 Å². The van der Waals surface area contributed by atoms with E-state index in [0.717, 1.165) is 30.4 Å². The Kier molecular flexibility index (Phi) is 3.66. The summed E-state index contributed by atoms with van der Waals surface area (Å²) in [6.45, 7) is 4.05. The van der Waals surface area contributed by atoms with Gasteiger partial charge in [0.2, 0.25) is 0 Å². The quantitative estimate of drug-likeness (QED) is 0.846. The number of allylic oxidation sites excluding steroid dienone is 3. The number of rotatable bonds is 3. The Labute approximate surface area is 124 Å². The van der Waals surface area contributed by atoms with E-state index >= 15 is 0 Å². The number of carbonyl (C=O) groups is 1. The Morgan fingerprint density at radius 3 is 2.86 bits per heavy atom. The molecule has 0 unspecified atom stereocenters. The van der Waals surface area contributed by atoms with Crippen LogP contribution in [0.3, 0.4) is 0 Å². The van der Waals surface area contributed by atoms with Crippen LogP contribution in [-0.4, -0.2) is 12.9 Å². The first-order valence-corrected chi connectivity index (χ1v) is 7.33. The van der Waals surface area contributed by atoms with Crippen molar-refractivity contribution in [3.63, 3.8) is 0 Å². The second-order valence-corrected chi connectivity index (χ2v) is 5.95. The van der Waals surface area contributed by atoms with E-state index in [4.69, 9.17) is 4.74 Å². The van der Waals surface area contributed by atoms with Gasteiger partial charge in [-0.25, -0.2) is 4.39 Å². The van der Waals surface area contributed by atoms with E-state index in [1.165, 1.54) is 13.2 Å². The van der Waals surface area contributed by atoms with Crippen molar-refractivity contribution in [3.8, 4) is 5.75 Å². The van der Waals surface area contributed by atoms with E-state index in [9.17, 15) is 9.18 Å².